The summed E-state index contributed by atoms with van der Waals surface area (Å²) in [5, 5.41) is 16.0. The number of piperidine rings is 1. The molecule has 2 atom stereocenters. The maximum atomic E-state index is 12.5. The standard InChI is InChI=1S/C19H22N2O4S/c1-26(24,25)16-7-5-13(6-8-16)14-3-2-4-15(11-14)19(23)21-17-12-20-10-9-18(17)22/h2-8,11,17-18,20,22H,9-10,12H2,1H3,(H,21,23)/t17-,18-/m1/s1. The van der Waals surface area contributed by atoms with Crippen molar-refractivity contribution >= 4 is 15.7 Å². The molecule has 7 heteroatoms. The molecule has 2 aromatic rings. The third-order valence-corrected chi connectivity index (χ3v) is 5.63. The molecule has 1 amide bonds. The van der Waals surface area contributed by atoms with Crippen molar-refractivity contribution in [3.63, 3.8) is 0 Å². The Balaban J connectivity index is 1.78. The summed E-state index contributed by atoms with van der Waals surface area (Å²) in [6.45, 7) is 1.28. The fourth-order valence-electron chi connectivity index (χ4n) is 2.98. The number of hydrogen-bond donors (Lipinski definition) is 3. The summed E-state index contributed by atoms with van der Waals surface area (Å²) >= 11 is 0. The van der Waals surface area contributed by atoms with Crippen LogP contribution in [-0.4, -0.2) is 50.9 Å². The second-order valence-corrected chi connectivity index (χ2v) is 8.53. The molecule has 1 aliphatic heterocycles. The molecule has 1 saturated heterocycles. The molecule has 138 valence electrons. The monoisotopic (exact) mass is 374 g/mol. The lowest BCUT2D eigenvalue weighted by Crippen LogP contribution is -2.53. The van der Waals surface area contributed by atoms with Crippen molar-refractivity contribution in [2.45, 2.75) is 23.5 Å². The van der Waals surface area contributed by atoms with Crippen LogP contribution < -0.4 is 10.6 Å². The van der Waals surface area contributed by atoms with Crippen LogP contribution in [-0.2, 0) is 9.84 Å². The van der Waals surface area contributed by atoms with Crippen LogP contribution in [0.1, 0.15) is 16.8 Å². The number of amides is 1. The van der Waals surface area contributed by atoms with Gasteiger partial charge in [0.15, 0.2) is 9.84 Å². The largest absolute Gasteiger partial charge is 0.391 e. The van der Waals surface area contributed by atoms with Crippen molar-refractivity contribution in [1.82, 2.24) is 10.6 Å². The Morgan fingerprint density at radius 2 is 1.88 bits per heavy atom. The van der Waals surface area contributed by atoms with E-state index in [-0.39, 0.29) is 16.8 Å². The fraction of sp³-hybridized carbons (Fsp3) is 0.316. The Morgan fingerprint density at radius 1 is 1.15 bits per heavy atom. The van der Waals surface area contributed by atoms with E-state index >= 15 is 0 Å². The third-order valence-electron chi connectivity index (χ3n) is 4.50. The molecular formula is C19H22N2O4S. The van der Waals surface area contributed by atoms with E-state index in [2.05, 4.69) is 10.6 Å². The zero-order valence-corrected chi connectivity index (χ0v) is 15.3. The van der Waals surface area contributed by atoms with E-state index in [0.29, 0.717) is 18.5 Å². The van der Waals surface area contributed by atoms with Gasteiger partial charge >= 0.3 is 0 Å². The summed E-state index contributed by atoms with van der Waals surface area (Å²) in [5.74, 6) is -0.243. The van der Waals surface area contributed by atoms with Crippen LogP contribution in [0.15, 0.2) is 53.4 Å². The van der Waals surface area contributed by atoms with E-state index < -0.39 is 15.9 Å². The van der Waals surface area contributed by atoms with Gasteiger partial charge in [0.25, 0.3) is 5.91 Å². The molecule has 0 aromatic heterocycles. The van der Waals surface area contributed by atoms with Gasteiger partial charge in [0.2, 0.25) is 0 Å². The van der Waals surface area contributed by atoms with Crippen molar-refractivity contribution in [3.8, 4) is 11.1 Å². The van der Waals surface area contributed by atoms with Crippen LogP contribution >= 0.6 is 0 Å². The highest BCUT2D eigenvalue weighted by Gasteiger charge is 2.24. The summed E-state index contributed by atoms with van der Waals surface area (Å²) in [6.07, 6.45) is 1.23. The summed E-state index contributed by atoms with van der Waals surface area (Å²) in [6, 6.07) is 13.4. The minimum absolute atomic E-state index is 0.243. The van der Waals surface area contributed by atoms with Crippen molar-refractivity contribution in [3.05, 3.63) is 54.1 Å². The normalized spacial score (nSPS) is 20.5. The lowest BCUT2D eigenvalue weighted by atomic mass is 10.0. The zero-order chi connectivity index (χ0) is 18.7. The first-order valence-electron chi connectivity index (χ1n) is 8.45. The second-order valence-electron chi connectivity index (χ2n) is 6.52. The molecule has 0 spiro atoms. The lowest BCUT2D eigenvalue weighted by molar-refractivity contribution is 0.0755. The minimum Gasteiger partial charge on any atom is -0.391 e. The molecule has 26 heavy (non-hydrogen) atoms. The summed E-state index contributed by atoms with van der Waals surface area (Å²) < 4.78 is 23.1. The van der Waals surface area contributed by atoms with Gasteiger partial charge in [-0.15, -0.1) is 0 Å². The van der Waals surface area contributed by atoms with Crippen LogP contribution in [0, 0.1) is 0 Å². The quantitative estimate of drug-likeness (QED) is 0.748. The van der Waals surface area contributed by atoms with Crippen LogP contribution in [0.25, 0.3) is 11.1 Å². The number of aliphatic hydroxyl groups is 1. The number of hydrogen-bond acceptors (Lipinski definition) is 5. The second kappa shape index (κ2) is 7.57. The van der Waals surface area contributed by atoms with Gasteiger partial charge in [-0.1, -0.05) is 24.3 Å². The molecule has 0 aliphatic carbocycles. The van der Waals surface area contributed by atoms with Crippen LogP contribution in [0.5, 0.6) is 0 Å². The van der Waals surface area contributed by atoms with Gasteiger partial charge in [-0.05, 0) is 48.4 Å². The summed E-state index contributed by atoms with van der Waals surface area (Å²) in [7, 11) is -3.24. The van der Waals surface area contributed by atoms with E-state index in [9.17, 15) is 18.3 Å². The molecule has 1 aliphatic rings. The van der Waals surface area contributed by atoms with Gasteiger partial charge in [0, 0.05) is 18.4 Å². The Kier molecular flexibility index (Phi) is 5.41. The molecule has 0 unspecified atom stereocenters. The molecule has 3 N–H and O–H groups in total. The van der Waals surface area contributed by atoms with Gasteiger partial charge in [-0.2, -0.15) is 0 Å². The smallest absolute Gasteiger partial charge is 0.251 e. The third kappa shape index (κ3) is 4.30. The van der Waals surface area contributed by atoms with Gasteiger partial charge in [0.1, 0.15) is 0 Å². The van der Waals surface area contributed by atoms with Crippen LogP contribution in [0.3, 0.4) is 0 Å². The number of sulfone groups is 1. The fourth-order valence-corrected chi connectivity index (χ4v) is 3.61. The van der Waals surface area contributed by atoms with E-state index in [1.54, 1.807) is 42.5 Å². The number of carbonyl (C=O) groups excluding carboxylic acids is 1. The van der Waals surface area contributed by atoms with Gasteiger partial charge in [0.05, 0.1) is 17.0 Å². The van der Waals surface area contributed by atoms with E-state index in [1.807, 2.05) is 6.07 Å². The van der Waals surface area contributed by atoms with Crippen molar-refractivity contribution in [2.75, 3.05) is 19.3 Å². The first-order valence-corrected chi connectivity index (χ1v) is 10.3. The molecule has 1 fully saturated rings. The molecule has 6 nitrogen and oxygen atoms in total. The maximum absolute atomic E-state index is 12.5. The van der Waals surface area contributed by atoms with E-state index in [4.69, 9.17) is 0 Å². The number of carbonyl (C=O) groups is 1. The molecule has 1 heterocycles. The summed E-state index contributed by atoms with van der Waals surface area (Å²) in [4.78, 5) is 12.8. The Bertz CT molecular complexity index is 894. The molecule has 0 bridgehead atoms. The van der Waals surface area contributed by atoms with Crippen LogP contribution in [0.2, 0.25) is 0 Å². The molecule has 3 rings (SSSR count). The molecular weight excluding hydrogens is 352 g/mol. The highest BCUT2D eigenvalue weighted by molar-refractivity contribution is 7.90. The topological polar surface area (TPSA) is 95.5 Å². The van der Waals surface area contributed by atoms with E-state index in [1.165, 1.54) is 6.26 Å². The summed E-state index contributed by atoms with van der Waals surface area (Å²) in [5.41, 5.74) is 2.14. The van der Waals surface area contributed by atoms with Crippen molar-refractivity contribution in [2.24, 2.45) is 0 Å². The molecule has 0 radical (unpaired) electrons. The average molecular weight is 374 g/mol. The number of rotatable bonds is 4. The SMILES string of the molecule is CS(=O)(=O)c1ccc(-c2cccc(C(=O)N[C@@H]3CNCC[C@H]3O)c2)cc1. The number of aliphatic hydroxyl groups excluding tert-OH is 1. The van der Waals surface area contributed by atoms with Gasteiger partial charge in [-0.3, -0.25) is 4.79 Å². The first kappa shape index (κ1) is 18.6. The average Bonchev–Trinajstić information content (AvgIpc) is 2.63. The van der Waals surface area contributed by atoms with Gasteiger partial charge in [-0.25, -0.2) is 8.42 Å². The minimum atomic E-state index is -3.24. The highest BCUT2D eigenvalue weighted by atomic mass is 32.2. The predicted molar refractivity (Wildman–Crippen MR) is 99.7 cm³/mol. The Hall–Kier alpha value is -2.22. The predicted octanol–water partition coefficient (Wildman–Crippen LogP) is 1.21. The molecule has 2 aromatic carbocycles. The van der Waals surface area contributed by atoms with E-state index in [0.717, 1.165) is 17.7 Å². The van der Waals surface area contributed by atoms with Crippen molar-refractivity contribution in [1.29, 1.82) is 0 Å². The Labute approximate surface area is 153 Å². The highest BCUT2D eigenvalue weighted by Crippen LogP contribution is 2.22. The lowest BCUT2D eigenvalue weighted by Gasteiger charge is -2.29. The number of nitrogens with one attached hydrogen (secondary N) is 2. The molecule has 0 saturated carbocycles. The van der Waals surface area contributed by atoms with Crippen molar-refractivity contribution < 1.29 is 18.3 Å². The van der Waals surface area contributed by atoms with Crippen LogP contribution in [0.4, 0.5) is 0 Å². The Morgan fingerprint density at radius 3 is 2.54 bits per heavy atom. The maximum Gasteiger partial charge on any atom is 0.251 e. The zero-order valence-electron chi connectivity index (χ0n) is 14.5. The van der Waals surface area contributed by atoms with Gasteiger partial charge < -0.3 is 15.7 Å². The first-order chi connectivity index (χ1) is 12.3. The number of benzene rings is 2.